The summed E-state index contributed by atoms with van der Waals surface area (Å²) in [6, 6.07) is 15.1. The van der Waals surface area contributed by atoms with E-state index in [1.807, 2.05) is 31.2 Å². The molecule has 7 nitrogen and oxygen atoms in total. The Kier molecular flexibility index (Phi) is 8.85. The maximum Gasteiger partial charge on any atom is 0.407 e. The van der Waals surface area contributed by atoms with Gasteiger partial charge >= 0.3 is 12.1 Å². The van der Waals surface area contributed by atoms with Crippen LogP contribution in [0, 0.1) is 0 Å². The Hall–Kier alpha value is -3.61. The molecule has 0 bridgehead atoms. The van der Waals surface area contributed by atoms with Gasteiger partial charge in [-0.3, -0.25) is 4.79 Å². The largest absolute Gasteiger partial charge is 0.480 e. The molecule has 2 unspecified atom stereocenters. The lowest BCUT2D eigenvalue weighted by Gasteiger charge is -2.19. The first-order valence-electron chi connectivity index (χ1n) is 11.7. The molecule has 2 amide bonds. The van der Waals surface area contributed by atoms with Crippen LogP contribution in [0.3, 0.4) is 0 Å². The van der Waals surface area contributed by atoms with E-state index in [4.69, 9.17) is 4.74 Å². The van der Waals surface area contributed by atoms with Crippen LogP contribution in [0.15, 0.2) is 61.2 Å². The zero-order valence-electron chi connectivity index (χ0n) is 19.5. The van der Waals surface area contributed by atoms with Gasteiger partial charge in [0, 0.05) is 18.4 Å². The van der Waals surface area contributed by atoms with E-state index in [1.165, 1.54) is 0 Å². The van der Waals surface area contributed by atoms with Gasteiger partial charge in [0.15, 0.2) is 0 Å². The van der Waals surface area contributed by atoms with Gasteiger partial charge in [0.1, 0.15) is 12.6 Å². The summed E-state index contributed by atoms with van der Waals surface area (Å²) in [7, 11) is 0. The highest BCUT2D eigenvalue weighted by Gasteiger charge is 2.29. The molecule has 0 fully saturated rings. The normalized spacial score (nSPS) is 13.8. The second kappa shape index (κ2) is 12.0. The third kappa shape index (κ3) is 6.25. The van der Waals surface area contributed by atoms with Gasteiger partial charge in [-0.1, -0.05) is 61.5 Å². The van der Waals surface area contributed by atoms with E-state index in [0.29, 0.717) is 25.7 Å². The van der Waals surface area contributed by atoms with Crippen molar-refractivity contribution in [3.8, 4) is 11.1 Å². The first-order valence-corrected chi connectivity index (χ1v) is 11.7. The summed E-state index contributed by atoms with van der Waals surface area (Å²) in [5, 5.41) is 14.6. The molecule has 34 heavy (non-hydrogen) atoms. The van der Waals surface area contributed by atoms with Crippen molar-refractivity contribution in [2.75, 3.05) is 6.61 Å². The summed E-state index contributed by atoms with van der Waals surface area (Å²) >= 11 is 0. The molecule has 3 rings (SSSR count). The minimum absolute atomic E-state index is 0.0208. The molecule has 0 spiro atoms. The number of hydrogen-bond donors (Lipinski definition) is 3. The highest BCUT2D eigenvalue weighted by molar-refractivity contribution is 5.83. The van der Waals surface area contributed by atoms with Gasteiger partial charge in [-0.05, 0) is 47.9 Å². The lowest BCUT2D eigenvalue weighted by molar-refractivity contribution is -0.142. The summed E-state index contributed by atoms with van der Waals surface area (Å²) in [5.74, 6) is -1.45. The van der Waals surface area contributed by atoms with Gasteiger partial charge in [-0.25, -0.2) is 9.59 Å². The maximum atomic E-state index is 12.5. The lowest BCUT2D eigenvalue weighted by Crippen LogP contribution is -2.42. The van der Waals surface area contributed by atoms with E-state index in [2.05, 4.69) is 41.5 Å². The molecule has 1 aliphatic rings. The Morgan fingerprint density at radius 1 is 1.03 bits per heavy atom. The molecular weight excluding hydrogens is 432 g/mol. The van der Waals surface area contributed by atoms with Crippen molar-refractivity contribution in [1.82, 2.24) is 10.6 Å². The van der Waals surface area contributed by atoms with Gasteiger partial charge in [0.25, 0.3) is 0 Å². The molecule has 2 aromatic rings. The number of carboxylic acids is 1. The molecule has 0 saturated carbocycles. The minimum atomic E-state index is -1.07. The second-order valence-electron chi connectivity index (χ2n) is 8.44. The minimum Gasteiger partial charge on any atom is -0.480 e. The zero-order chi connectivity index (χ0) is 24.5. The molecule has 0 aromatic heterocycles. The number of carbonyl (C=O) groups is 3. The molecule has 0 aliphatic heterocycles. The number of hydrogen-bond acceptors (Lipinski definition) is 4. The van der Waals surface area contributed by atoms with Gasteiger partial charge in [-0.15, -0.1) is 6.58 Å². The fourth-order valence-corrected chi connectivity index (χ4v) is 4.30. The van der Waals surface area contributed by atoms with Crippen molar-refractivity contribution in [2.45, 2.75) is 57.0 Å². The monoisotopic (exact) mass is 464 g/mol. The smallest absolute Gasteiger partial charge is 0.407 e. The highest BCUT2D eigenvalue weighted by atomic mass is 16.5. The fraction of sp³-hybridized carbons (Fsp3) is 0.370. The van der Waals surface area contributed by atoms with E-state index in [1.54, 1.807) is 6.08 Å². The summed E-state index contributed by atoms with van der Waals surface area (Å²) in [4.78, 5) is 36.0. The maximum absolute atomic E-state index is 12.5. The Morgan fingerprint density at radius 3 is 2.21 bits per heavy atom. The number of rotatable bonds is 12. The van der Waals surface area contributed by atoms with Crippen LogP contribution in [0.2, 0.25) is 0 Å². The molecular formula is C27H32N2O5. The molecule has 7 heteroatoms. The van der Waals surface area contributed by atoms with Crippen LogP contribution in [0.5, 0.6) is 0 Å². The van der Waals surface area contributed by atoms with Crippen LogP contribution < -0.4 is 10.6 Å². The van der Waals surface area contributed by atoms with Crippen LogP contribution in [-0.2, 0) is 14.3 Å². The average Bonchev–Trinajstić information content (AvgIpc) is 3.16. The fourth-order valence-electron chi connectivity index (χ4n) is 4.30. The van der Waals surface area contributed by atoms with Crippen molar-refractivity contribution in [2.24, 2.45) is 0 Å². The van der Waals surface area contributed by atoms with Crippen LogP contribution in [0.4, 0.5) is 4.79 Å². The van der Waals surface area contributed by atoms with Crippen LogP contribution in [-0.4, -0.2) is 41.8 Å². The van der Waals surface area contributed by atoms with E-state index >= 15 is 0 Å². The topological polar surface area (TPSA) is 105 Å². The molecule has 2 aromatic carbocycles. The molecule has 1 aliphatic carbocycles. The van der Waals surface area contributed by atoms with Gasteiger partial charge in [0.05, 0.1) is 0 Å². The number of benzene rings is 2. The van der Waals surface area contributed by atoms with E-state index < -0.39 is 18.1 Å². The van der Waals surface area contributed by atoms with Gasteiger partial charge in [-0.2, -0.15) is 0 Å². The van der Waals surface area contributed by atoms with Gasteiger partial charge in [0.2, 0.25) is 5.91 Å². The number of carbonyl (C=O) groups excluding carboxylic acids is 2. The predicted octanol–water partition coefficient (Wildman–Crippen LogP) is 4.62. The molecule has 3 N–H and O–H groups in total. The zero-order valence-corrected chi connectivity index (χ0v) is 19.5. The van der Waals surface area contributed by atoms with Gasteiger partial charge < -0.3 is 20.5 Å². The van der Waals surface area contributed by atoms with Crippen LogP contribution in [0.25, 0.3) is 11.1 Å². The SMILES string of the molecule is C=CCCC(NC(=O)CCC(CC)NC(=O)OCC1c2ccccc2-c2ccccc21)C(=O)O. The van der Waals surface area contributed by atoms with Crippen molar-refractivity contribution >= 4 is 18.0 Å². The van der Waals surface area contributed by atoms with E-state index in [-0.39, 0.29) is 30.9 Å². The van der Waals surface area contributed by atoms with Crippen molar-refractivity contribution < 1.29 is 24.2 Å². The molecule has 2 atom stereocenters. The summed E-state index contributed by atoms with van der Waals surface area (Å²) in [5.41, 5.74) is 4.61. The number of alkyl carbamates (subject to hydrolysis) is 1. The molecule has 0 heterocycles. The molecule has 180 valence electrons. The highest BCUT2D eigenvalue weighted by Crippen LogP contribution is 2.44. The number of fused-ring (bicyclic) bond motifs is 3. The Balaban J connectivity index is 1.50. The van der Waals surface area contributed by atoms with Crippen LogP contribution >= 0.6 is 0 Å². The number of ether oxygens (including phenoxy) is 1. The Morgan fingerprint density at radius 2 is 1.65 bits per heavy atom. The number of allylic oxidation sites excluding steroid dienone is 1. The van der Waals surface area contributed by atoms with Crippen molar-refractivity contribution in [3.05, 3.63) is 72.3 Å². The summed E-state index contributed by atoms with van der Waals surface area (Å²) in [6.45, 7) is 5.71. The third-order valence-corrected chi connectivity index (χ3v) is 6.17. The van der Waals surface area contributed by atoms with Crippen molar-refractivity contribution in [1.29, 1.82) is 0 Å². The van der Waals surface area contributed by atoms with E-state index in [0.717, 1.165) is 22.3 Å². The first kappa shape index (κ1) is 25.0. The van der Waals surface area contributed by atoms with Crippen molar-refractivity contribution in [3.63, 3.8) is 0 Å². The Bertz CT molecular complexity index is 990. The number of amides is 2. The average molecular weight is 465 g/mol. The predicted molar refractivity (Wildman–Crippen MR) is 131 cm³/mol. The quantitative estimate of drug-likeness (QED) is 0.398. The molecule has 0 radical (unpaired) electrons. The number of aliphatic carboxylic acids is 1. The van der Waals surface area contributed by atoms with Crippen LogP contribution in [0.1, 0.15) is 56.1 Å². The second-order valence-corrected chi connectivity index (χ2v) is 8.44. The molecule has 0 saturated heterocycles. The number of carboxylic acid groups (broad SMARTS) is 1. The standard InChI is InChI=1S/C27H32N2O5/c1-3-5-14-24(26(31)32)29-25(30)16-15-18(4-2)28-27(33)34-17-23-21-12-8-6-10-19(21)20-11-7-9-13-22(20)23/h3,6-13,18,23-24H,1,4-5,14-17H2,2H3,(H,28,33)(H,29,30)(H,31,32). The third-order valence-electron chi connectivity index (χ3n) is 6.17. The lowest BCUT2D eigenvalue weighted by atomic mass is 9.98. The first-order chi connectivity index (χ1) is 16.4. The Labute approximate surface area is 200 Å². The summed E-state index contributed by atoms with van der Waals surface area (Å²) < 4.78 is 5.58. The summed E-state index contributed by atoms with van der Waals surface area (Å²) in [6.07, 6.45) is 3.01. The number of nitrogens with one attached hydrogen (secondary N) is 2. The van der Waals surface area contributed by atoms with E-state index in [9.17, 15) is 19.5 Å².